The largest absolute Gasteiger partial charge is 0.481 e. The molecule has 0 spiro atoms. The molecule has 0 unspecified atom stereocenters. The molecule has 0 saturated heterocycles. The first kappa shape index (κ1) is 18.2. The zero-order chi connectivity index (χ0) is 16.4. The molecule has 116 valence electrons. The molecule has 10 heteroatoms. The number of imidazole rings is 1. The SMILES string of the molecule is N[C@@H](Cc1cnc[nH]1)C(=O)O.O=C(O)CCC(=O)C(=O)O. The Balaban J connectivity index is 0.000000384. The lowest BCUT2D eigenvalue weighted by Crippen LogP contribution is -2.32. The number of hydrogen-bond donors (Lipinski definition) is 5. The second kappa shape index (κ2) is 9.20. The highest BCUT2D eigenvalue weighted by molar-refractivity contribution is 6.32. The van der Waals surface area contributed by atoms with Crippen LogP contribution in [0.15, 0.2) is 12.5 Å². The topological polar surface area (TPSA) is 184 Å². The maximum atomic E-state index is 10.3. The molecule has 10 nitrogen and oxygen atoms in total. The van der Waals surface area contributed by atoms with Crippen molar-refractivity contribution in [1.82, 2.24) is 9.97 Å². The van der Waals surface area contributed by atoms with Gasteiger partial charge in [0, 0.05) is 24.7 Å². The first-order valence-electron chi connectivity index (χ1n) is 5.67. The van der Waals surface area contributed by atoms with Crippen LogP contribution in [0.2, 0.25) is 0 Å². The van der Waals surface area contributed by atoms with Crippen molar-refractivity contribution in [1.29, 1.82) is 0 Å². The first-order chi connectivity index (χ1) is 9.73. The average molecular weight is 301 g/mol. The summed E-state index contributed by atoms with van der Waals surface area (Å²) in [6.07, 6.45) is 2.47. The zero-order valence-corrected chi connectivity index (χ0v) is 10.9. The smallest absolute Gasteiger partial charge is 0.372 e. The standard InChI is InChI=1S/C6H9N3O2.C5H6O5/c7-5(6(10)11)1-4-2-8-3-9-4;6-3(5(9)10)1-2-4(7)8/h2-3,5H,1,7H2,(H,8,9)(H,10,11);1-2H2,(H,7,8)(H,9,10)/t5-;/m0./s1. The molecule has 0 aliphatic heterocycles. The molecule has 1 rings (SSSR count). The number of aromatic nitrogens is 2. The molecule has 21 heavy (non-hydrogen) atoms. The molecule has 0 saturated carbocycles. The number of rotatable bonds is 7. The third-order valence-electron chi connectivity index (χ3n) is 2.12. The minimum Gasteiger partial charge on any atom is -0.481 e. The summed E-state index contributed by atoms with van der Waals surface area (Å²) in [4.78, 5) is 46.5. The minimum atomic E-state index is -1.58. The Hall–Kier alpha value is -2.75. The molecule has 0 aliphatic carbocycles. The van der Waals surface area contributed by atoms with Crippen molar-refractivity contribution in [3.63, 3.8) is 0 Å². The second-order valence-electron chi connectivity index (χ2n) is 3.85. The van der Waals surface area contributed by atoms with E-state index in [2.05, 4.69) is 9.97 Å². The molecule has 0 aromatic carbocycles. The molecule has 1 heterocycles. The summed E-state index contributed by atoms with van der Waals surface area (Å²) in [6.45, 7) is 0. The first-order valence-corrected chi connectivity index (χ1v) is 5.67. The van der Waals surface area contributed by atoms with Crippen molar-refractivity contribution in [3.8, 4) is 0 Å². The van der Waals surface area contributed by atoms with Gasteiger partial charge in [-0.3, -0.25) is 14.4 Å². The van der Waals surface area contributed by atoms with E-state index in [1.807, 2.05) is 0 Å². The molecule has 0 radical (unpaired) electrons. The normalized spacial score (nSPS) is 10.9. The third kappa shape index (κ3) is 8.88. The summed E-state index contributed by atoms with van der Waals surface area (Å²) >= 11 is 0. The number of H-pyrrole nitrogens is 1. The van der Waals surface area contributed by atoms with E-state index >= 15 is 0 Å². The summed E-state index contributed by atoms with van der Waals surface area (Å²) in [7, 11) is 0. The Morgan fingerprint density at radius 3 is 2.19 bits per heavy atom. The molecule has 1 aromatic rings. The molecule has 0 amide bonds. The van der Waals surface area contributed by atoms with Gasteiger partial charge < -0.3 is 26.0 Å². The molecular weight excluding hydrogens is 286 g/mol. The number of carboxylic acids is 3. The van der Waals surface area contributed by atoms with E-state index in [0.717, 1.165) is 5.69 Å². The van der Waals surface area contributed by atoms with Crippen molar-refractivity contribution in [2.75, 3.05) is 0 Å². The molecule has 6 N–H and O–H groups in total. The zero-order valence-electron chi connectivity index (χ0n) is 10.9. The second-order valence-corrected chi connectivity index (χ2v) is 3.85. The van der Waals surface area contributed by atoms with Crippen molar-refractivity contribution in [2.24, 2.45) is 5.73 Å². The van der Waals surface area contributed by atoms with E-state index in [9.17, 15) is 19.2 Å². The summed E-state index contributed by atoms with van der Waals surface area (Å²) in [5.41, 5.74) is 6.00. The average Bonchev–Trinajstić information content (AvgIpc) is 2.89. The Morgan fingerprint density at radius 2 is 1.81 bits per heavy atom. The summed E-state index contributed by atoms with van der Waals surface area (Å²) in [5.74, 6) is -4.82. The van der Waals surface area contributed by atoms with Gasteiger partial charge in [-0.05, 0) is 0 Å². The lowest BCUT2D eigenvalue weighted by Gasteiger charge is -2.02. The van der Waals surface area contributed by atoms with Crippen LogP contribution in [0.4, 0.5) is 0 Å². The van der Waals surface area contributed by atoms with Gasteiger partial charge >= 0.3 is 17.9 Å². The highest BCUT2D eigenvalue weighted by Crippen LogP contribution is 1.95. The van der Waals surface area contributed by atoms with Gasteiger partial charge in [-0.25, -0.2) is 9.78 Å². The van der Waals surface area contributed by atoms with Gasteiger partial charge in [0.15, 0.2) is 0 Å². The Kier molecular flexibility index (Phi) is 8.00. The number of nitrogens with one attached hydrogen (secondary N) is 1. The molecule has 1 atom stereocenters. The van der Waals surface area contributed by atoms with Crippen molar-refractivity contribution >= 4 is 23.7 Å². The van der Waals surface area contributed by atoms with Crippen LogP contribution >= 0.6 is 0 Å². The minimum absolute atomic E-state index is 0.287. The van der Waals surface area contributed by atoms with Gasteiger partial charge in [-0.1, -0.05) is 0 Å². The quantitative estimate of drug-likeness (QED) is 0.388. The number of carbonyl (C=O) groups is 4. The van der Waals surface area contributed by atoms with Crippen LogP contribution in [-0.2, 0) is 25.6 Å². The third-order valence-corrected chi connectivity index (χ3v) is 2.12. The maximum Gasteiger partial charge on any atom is 0.372 e. The number of Topliss-reactive ketones (excluding diaryl/α,β-unsaturated/α-hetero) is 1. The number of carbonyl (C=O) groups excluding carboxylic acids is 1. The van der Waals surface area contributed by atoms with Crippen LogP contribution in [0, 0.1) is 0 Å². The fourth-order valence-electron chi connectivity index (χ4n) is 1.05. The predicted octanol–water partition coefficient (Wildman–Crippen LogP) is -1.13. The van der Waals surface area contributed by atoms with E-state index in [-0.39, 0.29) is 6.42 Å². The molecule has 0 aliphatic rings. The van der Waals surface area contributed by atoms with Crippen molar-refractivity contribution < 1.29 is 34.5 Å². The van der Waals surface area contributed by atoms with Crippen LogP contribution in [0.5, 0.6) is 0 Å². The summed E-state index contributed by atoms with van der Waals surface area (Å²) < 4.78 is 0. The van der Waals surface area contributed by atoms with Gasteiger partial charge in [-0.15, -0.1) is 0 Å². The van der Waals surface area contributed by atoms with Gasteiger partial charge in [0.05, 0.1) is 12.7 Å². The van der Waals surface area contributed by atoms with E-state index in [1.54, 1.807) is 6.20 Å². The molecular formula is C11H15N3O7. The number of aliphatic carboxylic acids is 3. The number of ketones is 1. The summed E-state index contributed by atoms with van der Waals surface area (Å²) in [5, 5.41) is 24.4. The lowest BCUT2D eigenvalue weighted by molar-refractivity contribution is -0.149. The van der Waals surface area contributed by atoms with Gasteiger partial charge in [0.2, 0.25) is 5.78 Å². The van der Waals surface area contributed by atoms with E-state index in [0.29, 0.717) is 0 Å². The van der Waals surface area contributed by atoms with Gasteiger partial charge in [0.25, 0.3) is 0 Å². The molecule has 0 fully saturated rings. The van der Waals surface area contributed by atoms with Gasteiger partial charge in [0.1, 0.15) is 6.04 Å². The van der Waals surface area contributed by atoms with E-state index < -0.39 is 42.6 Å². The number of nitrogens with zero attached hydrogens (tertiary/aromatic N) is 1. The monoisotopic (exact) mass is 301 g/mol. The van der Waals surface area contributed by atoms with Crippen LogP contribution < -0.4 is 5.73 Å². The Bertz CT molecular complexity index is 498. The van der Waals surface area contributed by atoms with Crippen LogP contribution in [0.25, 0.3) is 0 Å². The molecule has 0 bridgehead atoms. The van der Waals surface area contributed by atoms with Crippen molar-refractivity contribution in [3.05, 3.63) is 18.2 Å². The van der Waals surface area contributed by atoms with E-state index in [4.69, 9.17) is 21.1 Å². The fourth-order valence-corrected chi connectivity index (χ4v) is 1.05. The number of nitrogens with two attached hydrogens (primary N) is 1. The van der Waals surface area contributed by atoms with Crippen molar-refractivity contribution in [2.45, 2.75) is 25.3 Å². The molecule has 1 aromatic heterocycles. The number of hydrogen-bond acceptors (Lipinski definition) is 6. The lowest BCUT2D eigenvalue weighted by atomic mass is 10.2. The summed E-state index contributed by atoms with van der Waals surface area (Å²) in [6, 6.07) is -0.851. The van der Waals surface area contributed by atoms with Crippen LogP contribution in [0.1, 0.15) is 18.5 Å². The maximum absolute atomic E-state index is 10.3. The predicted molar refractivity (Wildman–Crippen MR) is 67.4 cm³/mol. The highest BCUT2D eigenvalue weighted by Gasteiger charge is 2.12. The highest BCUT2D eigenvalue weighted by atomic mass is 16.4. The van der Waals surface area contributed by atoms with Gasteiger partial charge in [-0.2, -0.15) is 0 Å². The van der Waals surface area contributed by atoms with Crippen LogP contribution in [-0.4, -0.2) is 55.0 Å². The van der Waals surface area contributed by atoms with Crippen LogP contribution in [0.3, 0.4) is 0 Å². The fraction of sp³-hybridized carbons (Fsp3) is 0.364. The van der Waals surface area contributed by atoms with E-state index in [1.165, 1.54) is 6.33 Å². The Morgan fingerprint density at radius 1 is 1.19 bits per heavy atom. The Labute approximate surface area is 118 Å². The number of carboxylic acid groups (broad SMARTS) is 3. The number of aromatic amines is 1.